The van der Waals surface area contributed by atoms with Crippen molar-refractivity contribution in [3.8, 4) is 0 Å². The van der Waals surface area contributed by atoms with Crippen molar-refractivity contribution in [2.24, 2.45) is 17.4 Å². The lowest BCUT2D eigenvalue weighted by Crippen LogP contribution is -2.44. The minimum atomic E-state index is -0.801. The summed E-state index contributed by atoms with van der Waals surface area (Å²) in [6.45, 7) is 2.12. The third-order valence-corrected chi connectivity index (χ3v) is 2.67. The van der Waals surface area contributed by atoms with Crippen LogP contribution in [0.15, 0.2) is 0 Å². The zero-order valence-corrected chi connectivity index (χ0v) is 9.03. The van der Waals surface area contributed by atoms with Crippen molar-refractivity contribution in [2.45, 2.75) is 44.7 Å². The van der Waals surface area contributed by atoms with Crippen LogP contribution in [0.3, 0.4) is 0 Å². The Hall–Kier alpha value is -1.10. The third kappa shape index (κ3) is 3.87. The fourth-order valence-electron chi connectivity index (χ4n) is 1.71. The van der Waals surface area contributed by atoms with Gasteiger partial charge in [-0.25, -0.2) is 0 Å². The number of nitrogens with two attached hydrogens (primary N) is 2. The Morgan fingerprint density at radius 2 is 2.20 bits per heavy atom. The monoisotopic (exact) mass is 213 g/mol. The van der Waals surface area contributed by atoms with E-state index in [9.17, 15) is 9.59 Å². The highest BCUT2D eigenvalue weighted by molar-refractivity contribution is 5.87. The number of rotatable bonds is 6. The summed E-state index contributed by atoms with van der Waals surface area (Å²) in [5.74, 6) is -0.212. The molecular formula is C10H19N3O2. The first kappa shape index (κ1) is 12.0. The molecular weight excluding hydrogens is 194 g/mol. The van der Waals surface area contributed by atoms with Gasteiger partial charge < -0.3 is 16.8 Å². The third-order valence-electron chi connectivity index (χ3n) is 2.67. The molecule has 1 saturated carbocycles. The van der Waals surface area contributed by atoms with E-state index in [1.165, 1.54) is 0 Å². The Morgan fingerprint density at radius 3 is 2.73 bits per heavy atom. The number of amides is 2. The summed E-state index contributed by atoms with van der Waals surface area (Å²) in [7, 11) is 0. The quantitative estimate of drug-likeness (QED) is 0.554. The second-order valence-corrected chi connectivity index (χ2v) is 4.18. The van der Waals surface area contributed by atoms with Crippen LogP contribution >= 0.6 is 0 Å². The molecule has 0 aromatic heterocycles. The van der Waals surface area contributed by atoms with Gasteiger partial charge in [-0.2, -0.15) is 0 Å². The molecule has 0 spiro atoms. The molecule has 3 unspecified atom stereocenters. The summed E-state index contributed by atoms with van der Waals surface area (Å²) < 4.78 is 0. The van der Waals surface area contributed by atoms with Crippen molar-refractivity contribution in [1.29, 1.82) is 0 Å². The van der Waals surface area contributed by atoms with Crippen LogP contribution in [0.1, 0.15) is 32.6 Å². The molecule has 0 radical (unpaired) electrons. The summed E-state index contributed by atoms with van der Waals surface area (Å²) >= 11 is 0. The number of carbonyl (C=O) groups is 2. The Labute approximate surface area is 89.6 Å². The zero-order valence-electron chi connectivity index (χ0n) is 9.03. The maximum Gasteiger partial charge on any atom is 0.237 e. The van der Waals surface area contributed by atoms with E-state index in [0.29, 0.717) is 5.92 Å². The topological polar surface area (TPSA) is 98.2 Å². The molecule has 1 aliphatic rings. The van der Waals surface area contributed by atoms with Gasteiger partial charge >= 0.3 is 0 Å². The van der Waals surface area contributed by atoms with Gasteiger partial charge in [-0.05, 0) is 18.8 Å². The number of carbonyl (C=O) groups excluding carboxylic acids is 2. The van der Waals surface area contributed by atoms with Crippen LogP contribution in [0, 0.1) is 5.92 Å². The highest BCUT2D eigenvalue weighted by Crippen LogP contribution is 2.34. The molecule has 0 heterocycles. The first-order chi connectivity index (χ1) is 7.04. The fraction of sp³-hybridized carbons (Fsp3) is 0.800. The summed E-state index contributed by atoms with van der Waals surface area (Å²) in [5, 5.41) is 2.82. The Bertz CT molecular complexity index is 255. The van der Waals surface area contributed by atoms with Crippen molar-refractivity contribution < 1.29 is 9.59 Å². The molecule has 5 N–H and O–H groups in total. The van der Waals surface area contributed by atoms with E-state index < -0.39 is 11.9 Å². The standard InChI is InChI=1S/C10H19N3O2/c1-2-3-6-4-8(6)13-10(15)7(11)5-9(12)14/h6-8H,2-5,11H2,1H3,(H2,12,14)(H,13,15). The van der Waals surface area contributed by atoms with Gasteiger partial charge in [-0.3, -0.25) is 9.59 Å². The van der Waals surface area contributed by atoms with Crippen LogP contribution in [0.2, 0.25) is 0 Å². The highest BCUT2D eigenvalue weighted by atomic mass is 16.2. The largest absolute Gasteiger partial charge is 0.370 e. The average molecular weight is 213 g/mol. The minimum absolute atomic E-state index is 0.0863. The van der Waals surface area contributed by atoms with Crippen LogP contribution in [0.5, 0.6) is 0 Å². The van der Waals surface area contributed by atoms with E-state index in [1.807, 2.05) is 0 Å². The molecule has 1 aliphatic carbocycles. The molecule has 3 atom stereocenters. The second kappa shape index (κ2) is 5.11. The molecule has 5 heteroatoms. The van der Waals surface area contributed by atoms with Crippen molar-refractivity contribution in [2.75, 3.05) is 0 Å². The predicted molar refractivity (Wildman–Crippen MR) is 56.7 cm³/mol. The van der Waals surface area contributed by atoms with Crippen molar-refractivity contribution in [3.63, 3.8) is 0 Å². The highest BCUT2D eigenvalue weighted by Gasteiger charge is 2.37. The van der Waals surface area contributed by atoms with Crippen LogP contribution in [-0.2, 0) is 9.59 Å². The normalized spacial score (nSPS) is 25.7. The Morgan fingerprint density at radius 1 is 1.53 bits per heavy atom. The maximum atomic E-state index is 11.4. The van der Waals surface area contributed by atoms with Gasteiger partial charge in [-0.15, -0.1) is 0 Å². The molecule has 0 aromatic carbocycles. The summed E-state index contributed by atoms with van der Waals surface area (Å²) in [4.78, 5) is 22.0. The lowest BCUT2D eigenvalue weighted by atomic mass is 10.2. The SMILES string of the molecule is CCCC1CC1NC(=O)C(N)CC(N)=O. The van der Waals surface area contributed by atoms with E-state index >= 15 is 0 Å². The Balaban J connectivity index is 2.22. The maximum absolute atomic E-state index is 11.4. The molecule has 15 heavy (non-hydrogen) atoms. The molecule has 0 saturated heterocycles. The lowest BCUT2D eigenvalue weighted by molar-refractivity contribution is -0.126. The van der Waals surface area contributed by atoms with Crippen LogP contribution < -0.4 is 16.8 Å². The minimum Gasteiger partial charge on any atom is -0.370 e. The Kier molecular flexibility index (Phi) is 4.08. The molecule has 5 nitrogen and oxygen atoms in total. The van der Waals surface area contributed by atoms with Crippen LogP contribution in [0.4, 0.5) is 0 Å². The number of primary amides is 1. The van der Waals surface area contributed by atoms with E-state index in [1.54, 1.807) is 0 Å². The van der Waals surface area contributed by atoms with Crippen molar-refractivity contribution >= 4 is 11.8 Å². The second-order valence-electron chi connectivity index (χ2n) is 4.18. The van der Waals surface area contributed by atoms with Gasteiger partial charge in [0.15, 0.2) is 0 Å². The molecule has 2 amide bonds. The molecule has 1 fully saturated rings. The molecule has 0 aromatic rings. The summed E-state index contributed by atoms with van der Waals surface area (Å²) in [6, 6.07) is -0.540. The van der Waals surface area contributed by atoms with Crippen LogP contribution in [-0.4, -0.2) is 23.9 Å². The smallest absolute Gasteiger partial charge is 0.237 e. The summed E-state index contributed by atoms with van der Waals surface area (Å²) in [5.41, 5.74) is 10.5. The molecule has 0 bridgehead atoms. The van der Waals surface area contributed by atoms with E-state index in [2.05, 4.69) is 12.2 Å². The number of hydrogen-bond donors (Lipinski definition) is 3. The molecule has 0 aliphatic heterocycles. The van der Waals surface area contributed by atoms with Crippen molar-refractivity contribution in [1.82, 2.24) is 5.32 Å². The lowest BCUT2D eigenvalue weighted by Gasteiger charge is -2.10. The number of nitrogens with one attached hydrogen (secondary N) is 1. The predicted octanol–water partition coefficient (Wildman–Crippen LogP) is -0.506. The van der Waals surface area contributed by atoms with Gasteiger partial charge in [0.2, 0.25) is 11.8 Å². The fourth-order valence-corrected chi connectivity index (χ4v) is 1.71. The van der Waals surface area contributed by atoms with Gasteiger partial charge in [0, 0.05) is 6.04 Å². The van der Waals surface area contributed by atoms with E-state index in [4.69, 9.17) is 11.5 Å². The van der Waals surface area contributed by atoms with Gasteiger partial charge in [-0.1, -0.05) is 13.3 Å². The van der Waals surface area contributed by atoms with Gasteiger partial charge in [0.25, 0.3) is 0 Å². The van der Waals surface area contributed by atoms with Crippen LogP contribution in [0.25, 0.3) is 0 Å². The van der Waals surface area contributed by atoms with E-state index in [0.717, 1.165) is 19.3 Å². The number of hydrogen-bond acceptors (Lipinski definition) is 3. The first-order valence-electron chi connectivity index (χ1n) is 5.38. The van der Waals surface area contributed by atoms with Gasteiger partial charge in [0.1, 0.15) is 0 Å². The van der Waals surface area contributed by atoms with E-state index in [-0.39, 0.29) is 18.4 Å². The first-order valence-corrected chi connectivity index (χ1v) is 5.38. The average Bonchev–Trinajstić information content (AvgIpc) is 2.83. The molecule has 86 valence electrons. The zero-order chi connectivity index (χ0) is 11.4. The summed E-state index contributed by atoms with van der Waals surface area (Å²) in [6.07, 6.45) is 3.21. The van der Waals surface area contributed by atoms with Gasteiger partial charge in [0.05, 0.1) is 12.5 Å². The molecule has 1 rings (SSSR count). The van der Waals surface area contributed by atoms with Crippen molar-refractivity contribution in [3.05, 3.63) is 0 Å².